The van der Waals surface area contributed by atoms with Gasteiger partial charge < -0.3 is 14.6 Å². The maximum Gasteiger partial charge on any atom is 0.336 e. The Morgan fingerprint density at radius 2 is 1.81 bits per heavy atom. The van der Waals surface area contributed by atoms with Crippen LogP contribution in [-0.2, 0) is 6.54 Å². The molecule has 0 saturated heterocycles. The van der Waals surface area contributed by atoms with E-state index in [0.717, 1.165) is 42.2 Å². The van der Waals surface area contributed by atoms with Crippen LogP contribution in [0, 0.1) is 6.92 Å². The number of aromatic hydroxyl groups is 1. The van der Waals surface area contributed by atoms with Gasteiger partial charge in [0.25, 0.3) is 0 Å². The number of rotatable bonds is 6. The monoisotopic (exact) mass is 443 g/mol. The van der Waals surface area contributed by atoms with E-state index in [2.05, 4.69) is 4.90 Å². The van der Waals surface area contributed by atoms with Crippen molar-refractivity contribution < 1.29 is 14.6 Å². The van der Waals surface area contributed by atoms with Crippen LogP contribution in [0.15, 0.2) is 57.7 Å². The Kier molecular flexibility index (Phi) is 7.76. The molecule has 31 heavy (non-hydrogen) atoms. The van der Waals surface area contributed by atoms with Crippen molar-refractivity contribution in [1.82, 2.24) is 4.90 Å². The third-order valence-corrected chi connectivity index (χ3v) is 6.24. The second-order valence-electron chi connectivity index (χ2n) is 8.34. The molecule has 2 aromatic carbocycles. The van der Waals surface area contributed by atoms with Gasteiger partial charge in [-0.1, -0.05) is 49.6 Å². The summed E-state index contributed by atoms with van der Waals surface area (Å²) >= 11 is 0. The molecule has 2 N–H and O–H groups in total. The Morgan fingerprint density at radius 3 is 2.52 bits per heavy atom. The molecule has 6 heteroatoms. The van der Waals surface area contributed by atoms with E-state index in [1.807, 2.05) is 37.3 Å². The molecule has 5 nitrogen and oxygen atoms in total. The summed E-state index contributed by atoms with van der Waals surface area (Å²) in [6.45, 7) is 2.75. The number of halogens is 1. The fourth-order valence-electron chi connectivity index (χ4n) is 4.58. The topological polar surface area (TPSA) is 73.9 Å². The zero-order valence-electron chi connectivity index (χ0n) is 17.8. The number of aliphatic hydroxyl groups excluding tert-OH is 1. The lowest BCUT2D eigenvalue weighted by molar-refractivity contribution is 0.0670. The average Bonchev–Trinajstić information content (AvgIpc) is 2.76. The van der Waals surface area contributed by atoms with Gasteiger partial charge in [-0.05, 0) is 43.0 Å². The third-order valence-electron chi connectivity index (χ3n) is 6.24. The van der Waals surface area contributed by atoms with Crippen LogP contribution in [0.25, 0.3) is 11.0 Å². The second-order valence-corrected chi connectivity index (χ2v) is 8.34. The largest absolute Gasteiger partial charge is 0.507 e. The number of nitrogens with zero attached hydrogens (tertiary/aromatic N) is 1. The summed E-state index contributed by atoms with van der Waals surface area (Å²) in [4.78, 5) is 14.3. The van der Waals surface area contributed by atoms with E-state index < -0.39 is 11.7 Å². The normalized spacial score (nSPS) is 15.7. The minimum absolute atomic E-state index is 0. The van der Waals surface area contributed by atoms with Gasteiger partial charge >= 0.3 is 5.63 Å². The minimum atomic E-state index is -0.626. The van der Waals surface area contributed by atoms with E-state index in [-0.39, 0.29) is 18.2 Å². The summed E-state index contributed by atoms with van der Waals surface area (Å²) in [6, 6.07) is 14.9. The van der Waals surface area contributed by atoms with Crippen molar-refractivity contribution in [3.8, 4) is 5.75 Å². The molecule has 1 saturated carbocycles. The van der Waals surface area contributed by atoms with Crippen molar-refractivity contribution in [3.05, 3.63) is 75.6 Å². The molecule has 0 bridgehead atoms. The summed E-state index contributed by atoms with van der Waals surface area (Å²) < 4.78 is 5.53. The average molecular weight is 444 g/mol. The Labute approximate surface area is 188 Å². The van der Waals surface area contributed by atoms with Crippen LogP contribution < -0.4 is 5.63 Å². The second kappa shape index (κ2) is 10.3. The fourth-order valence-corrected chi connectivity index (χ4v) is 4.58. The molecule has 1 unspecified atom stereocenters. The van der Waals surface area contributed by atoms with E-state index >= 15 is 0 Å². The SMILES string of the molecule is Cc1cc(=O)oc2c(CN(CC(O)c3ccccc3)C3CCCCC3)c(O)ccc12.Cl. The molecular formula is C25H30ClNO4. The van der Waals surface area contributed by atoms with Gasteiger partial charge in [0.05, 0.1) is 11.7 Å². The Bertz CT molecular complexity index is 1060. The Morgan fingerprint density at radius 1 is 1.10 bits per heavy atom. The number of phenolic OH excluding ortho intramolecular Hbond substituents is 1. The van der Waals surface area contributed by atoms with Gasteiger partial charge in [-0.25, -0.2) is 4.79 Å². The Hall–Kier alpha value is -2.34. The molecule has 1 fully saturated rings. The first-order chi connectivity index (χ1) is 14.5. The van der Waals surface area contributed by atoms with Gasteiger partial charge in [-0.3, -0.25) is 4.90 Å². The molecule has 0 aliphatic heterocycles. The molecule has 0 amide bonds. The van der Waals surface area contributed by atoms with Gasteiger partial charge in [0.15, 0.2) is 0 Å². The first kappa shape index (κ1) is 23.3. The van der Waals surface area contributed by atoms with Crippen LogP contribution in [0.2, 0.25) is 0 Å². The lowest BCUT2D eigenvalue weighted by Crippen LogP contribution is -2.39. The molecule has 1 aliphatic carbocycles. The quantitative estimate of drug-likeness (QED) is 0.518. The summed E-state index contributed by atoms with van der Waals surface area (Å²) in [6.07, 6.45) is 5.07. The van der Waals surface area contributed by atoms with Gasteiger partial charge in [0, 0.05) is 30.6 Å². The van der Waals surface area contributed by atoms with Gasteiger partial charge in [-0.2, -0.15) is 0 Å². The molecular weight excluding hydrogens is 414 g/mol. The highest BCUT2D eigenvalue weighted by molar-refractivity contribution is 5.85. The predicted octanol–water partition coefficient (Wildman–Crippen LogP) is 5.10. The van der Waals surface area contributed by atoms with Crippen LogP contribution in [0.1, 0.15) is 54.9 Å². The number of aliphatic hydroxyl groups is 1. The first-order valence-corrected chi connectivity index (χ1v) is 10.8. The number of hydrogen-bond donors (Lipinski definition) is 2. The van der Waals surface area contributed by atoms with Crippen LogP contribution in [0.5, 0.6) is 5.75 Å². The zero-order chi connectivity index (χ0) is 21.1. The number of hydrogen-bond acceptors (Lipinski definition) is 5. The number of benzene rings is 2. The highest BCUT2D eigenvalue weighted by Gasteiger charge is 2.26. The van der Waals surface area contributed by atoms with Crippen molar-refractivity contribution in [2.24, 2.45) is 0 Å². The smallest absolute Gasteiger partial charge is 0.336 e. The van der Waals surface area contributed by atoms with Crippen molar-refractivity contribution in [3.63, 3.8) is 0 Å². The number of fused-ring (bicyclic) bond motifs is 1. The molecule has 4 rings (SSSR count). The molecule has 166 valence electrons. The molecule has 1 atom stereocenters. The molecule has 1 aromatic heterocycles. The lowest BCUT2D eigenvalue weighted by atomic mass is 9.93. The standard InChI is InChI=1S/C25H29NO4.ClH/c1-17-14-24(29)30-25-20(17)12-13-22(27)21(25)15-26(19-10-6-3-7-11-19)16-23(28)18-8-4-2-5-9-18;/h2,4-5,8-9,12-14,19,23,27-28H,3,6-7,10-11,15-16H2,1H3;1H. The highest BCUT2D eigenvalue weighted by atomic mass is 35.5. The van der Waals surface area contributed by atoms with E-state index in [1.165, 1.54) is 12.5 Å². The van der Waals surface area contributed by atoms with Crippen LogP contribution >= 0.6 is 12.4 Å². The van der Waals surface area contributed by atoms with E-state index in [1.54, 1.807) is 12.1 Å². The maximum atomic E-state index is 12.0. The van der Waals surface area contributed by atoms with Gasteiger partial charge in [0.2, 0.25) is 0 Å². The maximum absolute atomic E-state index is 12.0. The molecule has 0 radical (unpaired) electrons. The van der Waals surface area contributed by atoms with Crippen LogP contribution in [0.4, 0.5) is 0 Å². The van der Waals surface area contributed by atoms with Gasteiger partial charge in [-0.15, -0.1) is 12.4 Å². The molecule has 3 aromatic rings. The summed E-state index contributed by atoms with van der Waals surface area (Å²) in [7, 11) is 0. The predicted molar refractivity (Wildman–Crippen MR) is 125 cm³/mol. The summed E-state index contributed by atoms with van der Waals surface area (Å²) in [5, 5.41) is 22.4. The molecule has 1 aliphatic rings. The van der Waals surface area contributed by atoms with Crippen LogP contribution in [-0.4, -0.2) is 27.7 Å². The molecule has 1 heterocycles. The van der Waals surface area contributed by atoms with Crippen LogP contribution in [0.3, 0.4) is 0 Å². The Balaban J connectivity index is 0.00000272. The van der Waals surface area contributed by atoms with Gasteiger partial charge in [0.1, 0.15) is 11.3 Å². The van der Waals surface area contributed by atoms with Crippen molar-refractivity contribution in [2.75, 3.05) is 6.54 Å². The zero-order valence-corrected chi connectivity index (χ0v) is 18.6. The highest BCUT2D eigenvalue weighted by Crippen LogP contribution is 2.32. The summed E-state index contributed by atoms with van der Waals surface area (Å²) in [5.41, 5.74) is 2.34. The summed E-state index contributed by atoms with van der Waals surface area (Å²) in [5.74, 6) is 0.117. The van der Waals surface area contributed by atoms with E-state index in [9.17, 15) is 15.0 Å². The fraction of sp³-hybridized carbons (Fsp3) is 0.400. The first-order valence-electron chi connectivity index (χ1n) is 10.8. The van der Waals surface area contributed by atoms with Crippen molar-refractivity contribution in [1.29, 1.82) is 0 Å². The number of phenols is 1. The van der Waals surface area contributed by atoms with E-state index in [4.69, 9.17) is 4.42 Å². The minimum Gasteiger partial charge on any atom is -0.507 e. The lowest BCUT2D eigenvalue weighted by Gasteiger charge is -2.36. The van der Waals surface area contributed by atoms with E-state index in [0.29, 0.717) is 30.3 Å². The van der Waals surface area contributed by atoms with Crippen molar-refractivity contribution >= 4 is 23.4 Å². The van der Waals surface area contributed by atoms with Crippen molar-refractivity contribution in [2.45, 2.75) is 57.7 Å². The number of aryl methyl sites for hydroxylation is 1. The molecule has 0 spiro atoms. The third kappa shape index (κ3) is 5.29.